The molecule has 0 aliphatic heterocycles. The molecule has 0 radical (unpaired) electrons. The first-order valence-corrected chi connectivity index (χ1v) is 13.9. The summed E-state index contributed by atoms with van der Waals surface area (Å²) in [6, 6.07) is 19.1. The van der Waals surface area contributed by atoms with Gasteiger partial charge in [0.1, 0.15) is 0 Å². The van der Waals surface area contributed by atoms with Gasteiger partial charge in [0.15, 0.2) is 0 Å². The van der Waals surface area contributed by atoms with E-state index in [2.05, 4.69) is 79.8 Å². The van der Waals surface area contributed by atoms with Gasteiger partial charge in [-0.3, -0.25) is 0 Å². The van der Waals surface area contributed by atoms with E-state index >= 15 is 0 Å². The lowest BCUT2D eigenvalue weighted by Gasteiger charge is -2.05. The number of hydrogen-bond donors (Lipinski definition) is 0. The van der Waals surface area contributed by atoms with Gasteiger partial charge in [0, 0.05) is 6.61 Å². The molecule has 0 unspecified atom stereocenters. The molecule has 0 aliphatic rings. The normalized spacial score (nSPS) is 11.7. The minimum atomic E-state index is 0.716. The van der Waals surface area contributed by atoms with Gasteiger partial charge in [0.25, 0.3) is 0 Å². The number of unbranched alkanes of at least 4 members (excludes halogenated alkanes) is 12. The number of benzene rings is 2. The first-order valence-electron chi connectivity index (χ1n) is 13.9. The van der Waals surface area contributed by atoms with E-state index in [1.165, 1.54) is 107 Å². The third-order valence-electron chi connectivity index (χ3n) is 6.32. The van der Waals surface area contributed by atoms with E-state index < -0.39 is 0 Å². The van der Waals surface area contributed by atoms with Crippen LogP contribution in [0.3, 0.4) is 0 Å². The molecule has 2 aromatic rings. The molecule has 0 spiro atoms. The number of rotatable bonds is 20. The quantitative estimate of drug-likeness (QED) is 0.108. The van der Waals surface area contributed by atoms with E-state index in [9.17, 15) is 0 Å². The number of ether oxygens (including phenoxy) is 1. The van der Waals surface area contributed by atoms with Gasteiger partial charge in [-0.15, -0.1) is 0 Å². The lowest BCUT2D eigenvalue weighted by atomic mass is 10.1. The third-order valence-corrected chi connectivity index (χ3v) is 6.32. The lowest BCUT2D eigenvalue weighted by molar-refractivity contribution is 0.116. The first-order chi connectivity index (χ1) is 16.9. The van der Waals surface area contributed by atoms with E-state index in [1.807, 2.05) is 6.07 Å². The maximum absolute atomic E-state index is 5.88. The van der Waals surface area contributed by atoms with Crippen molar-refractivity contribution in [1.29, 1.82) is 0 Å². The predicted molar refractivity (Wildman–Crippen MR) is 151 cm³/mol. The summed E-state index contributed by atoms with van der Waals surface area (Å²) in [5.41, 5.74) is 3.70. The summed E-state index contributed by atoms with van der Waals surface area (Å²) in [4.78, 5) is 0. The molecule has 0 heterocycles. The Hall–Kier alpha value is -2.12. The first kappa shape index (κ1) is 28.1. The van der Waals surface area contributed by atoms with Crippen molar-refractivity contribution >= 4 is 12.2 Å². The van der Waals surface area contributed by atoms with Crippen LogP contribution in [-0.2, 0) is 11.3 Å². The molecule has 0 atom stereocenters. The van der Waals surface area contributed by atoms with Crippen molar-refractivity contribution in [3.63, 3.8) is 0 Å². The standard InChI is InChI=1S/C33H48O/c1-2-3-4-5-6-7-8-9-10-11-12-13-14-15-16-20-29-34-30-33-27-25-32(26-28-33)24-23-31-21-18-17-19-22-31/h9-10,17-19,21-28H,2-8,11-16,20,29-30H2,1H3/b10-9-,24-23+. The molecule has 0 fully saturated rings. The Morgan fingerprint density at radius 2 is 1.09 bits per heavy atom. The second-order valence-electron chi connectivity index (χ2n) is 9.48. The summed E-state index contributed by atoms with van der Waals surface area (Å²) in [5.74, 6) is 0. The molecule has 1 nitrogen and oxygen atoms in total. The Labute approximate surface area is 210 Å². The van der Waals surface area contributed by atoms with Crippen molar-refractivity contribution in [1.82, 2.24) is 0 Å². The Bertz CT molecular complexity index is 757. The maximum atomic E-state index is 5.88. The highest BCUT2D eigenvalue weighted by Crippen LogP contribution is 2.12. The molecule has 0 N–H and O–H groups in total. The summed E-state index contributed by atoms with van der Waals surface area (Å²) >= 11 is 0. The van der Waals surface area contributed by atoms with Crippen LogP contribution >= 0.6 is 0 Å². The molecule has 2 aromatic carbocycles. The van der Waals surface area contributed by atoms with Crippen LogP contribution in [0.4, 0.5) is 0 Å². The van der Waals surface area contributed by atoms with E-state index in [1.54, 1.807) is 0 Å². The van der Waals surface area contributed by atoms with Crippen molar-refractivity contribution in [2.75, 3.05) is 6.61 Å². The molecule has 186 valence electrons. The van der Waals surface area contributed by atoms with Crippen LogP contribution < -0.4 is 0 Å². The average Bonchev–Trinajstić information content (AvgIpc) is 2.88. The number of allylic oxidation sites excluding steroid dienone is 2. The maximum Gasteiger partial charge on any atom is 0.0716 e. The zero-order valence-corrected chi connectivity index (χ0v) is 21.7. The van der Waals surface area contributed by atoms with Crippen LogP contribution in [0.15, 0.2) is 66.7 Å². The van der Waals surface area contributed by atoms with Crippen LogP contribution in [0.5, 0.6) is 0 Å². The predicted octanol–water partition coefficient (Wildman–Crippen LogP) is 10.4. The van der Waals surface area contributed by atoms with Crippen molar-refractivity contribution in [3.05, 3.63) is 83.4 Å². The molecular formula is C33H48O. The molecule has 2 rings (SSSR count). The molecule has 1 heteroatoms. The van der Waals surface area contributed by atoms with Crippen LogP contribution in [0.2, 0.25) is 0 Å². The van der Waals surface area contributed by atoms with Crippen LogP contribution in [0, 0.1) is 0 Å². The van der Waals surface area contributed by atoms with Crippen LogP contribution in [0.1, 0.15) is 114 Å². The molecule has 0 bridgehead atoms. The van der Waals surface area contributed by atoms with Crippen molar-refractivity contribution in [3.8, 4) is 0 Å². The highest BCUT2D eigenvalue weighted by molar-refractivity contribution is 5.69. The Morgan fingerprint density at radius 3 is 1.71 bits per heavy atom. The highest BCUT2D eigenvalue weighted by atomic mass is 16.5. The fourth-order valence-electron chi connectivity index (χ4n) is 4.12. The Kier molecular flexibility index (Phi) is 16.8. The van der Waals surface area contributed by atoms with Crippen molar-refractivity contribution in [2.45, 2.75) is 103 Å². The fourth-order valence-corrected chi connectivity index (χ4v) is 4.12. The lowest BCUT2D eigenvalue weighted by Crippen LogP contribution is -1.95. The van der Waals surface area contributed by atoms with Gasteiger partial charge in [-0.05, 0) is 48.8 Å². The average molecular weight is 461 g/mol. The summed E-state index contributed by atoms with van der Waals surface area (Å²) in [6.45, 7) is 3.87. The van der Waals surface area contributed by atoms with Crippen molar-refractivity contribution in [2.24, 2.45) is 0 Å². The Balaban J connectivity index is 1.37. The summed E-state index contributed by atoms with van der Waals surface area (Å²) < 4.78 is 5.88. The van der Waals surface area contributed by atoms with Crippen LogP contribution in [0.25, 0.3) is 12.2 Å². The Morgan fingerprint density at radius 1 is 0.559 bits per heavy atom. The number of hydrogen-bond acceptors (Lipinski definition) is 1. The fraction of sp³-hybridized carbons (Fsp3) is 0.515. The molecular weight excluding hydrogens is 412 g/mol. The van der Waals surface area contributed by atoms with E-state index in [4.69, 9.17) is 4.74 Å². The van der Waals surface area contributed by atoms with Crippen molar-refractivity contribution < 1.29 is 4.74 Å². The van der Waals surface area contributed by atoms with Gasteiger partial charge in [0.2, 0.25) is 0 Å². The van der Waals surface area contributed by atoms with Gasteiger partial charge in [-0.2, -0.15) is 0 Å². The van der Waals surface area contributed by atoms with Crippen LogP contribution in [-0.4, -0.2) is 6.61 Å². The van der Waals surface area contributed by atoms with Gasteiger partial charge < -0.3 is 4.74 Å². The molecule has 0 saturated carbocycles. The summed E-state index contributed by atoms with van der Waals surface area (Å²) in [7, 11) is 0. The second kappa shape index (κ2) is 20.3. The van der Waals surface area contributed by atoms with Gasteiger partial charge in [-0.25, -0.2) is 0 Å². The second-order valence-corrected chi connectivity index (χ2v) is 9.48. The van der Waals surface area contributed by atoms with Gasteiger partial charge >= 0.3 is 0 Å². The molecule has 0 amide bonds. The third kappa shape index (κ3) is 14.9. The monoisotopic (exact) mass is 460 g/mol. The minimum absolute atomic E-state index is 0.716. The van der Waals surface area contributed by atoms with Gasteiger partial charge in [-0.1, -0.05) is 144 Å². The zero-order chi connectivity index (χ0) is 23.9. The SMILES string of the molecule is CCCCCCCC/C=C\CCCCCCCCOCc1ccc(/C=C/c2ccccc2)cc1. The molecule has 0 saturated heterocycles. The van der Waals surface area contributed by atoms with E-state index in [0.717, 1.165) is 6.61 Å². The topological polar surface area (TPSA) is 9.23 Å². The van der Waals surface area contributed by atoms with E-state index in [0.29, 0.717) is 6.61 Å². The smallest absolute Gasteiger partial charge is 0.0716 e. The molecule has 0 aromatic heterocycles. The highest BCUT2D eigenvalue weighted by Gasteiger charge is 1.96. The summed E-state index contributed by atoms with van der Waals surface area (Å²) in [6.07, 6.45) is 27.9. The summed E-state index contributed by atoms with van der Waals surface area (Å²) in [5, 5.41) is 0. The van der Waals surface area contributed by atoms with Gasteiger partial charge in [0.05, 0.1) is 6.61 Å². The minimum Gasteiger partial charge on any atom is -0.377 e. The molecule has 0 aliphatic carbocycles. The zero-order valence-electron chi connectivity index (χ0n) is 21.7. The molecule has 34 heavy (non-hydrogen) atoms. The largest absolute Gasteiger partial charge is 0.377 e. The van der Waals surface area contributed by atoms with E-state index in [-0.39, 0.29) is 0 Å².